The van der Waals surface area contributed by atoms with Crippen LogP contribution in [-0.4, -0.2) is 54.0 Å². The number of nitrogens with one attached hydrogen (secondary N) is 1. The van der Waals surface area contributed by atoms with Gasteiger partial charge in [-0.1, -0.05) is 78.7 Å². The Kier molecular flexibility index (Phi) is 10.3. The molecule has 0 aliphatic carbocycles. The molecule has 1 aliphatic rings. The number of nitrogens with zero attached hydrogens (tertiary/aromatic N) is 2. The van der Waals surface area contributed by atoms with Crippen molar-refractivity contribution in [3.05, 3.63) is 99.5 Å². The van der Waals surface area contributed by atoms with Crippen LogP contribution in [0, 0.1) is 0 Å². The van der Waals surface area contributed by atoms with E-state index in [0.29, 0.717) is 22.0 Å². The third kappa shape index (κ3) is 6.97. The maximum absolute atomic E-state index is 13.9. The first-order chi connectivity index (χ1) is 20.0. The number of rotatable bonds is 12. The smallest absolute Gasteiger partial charge is 0.269 e. The summed E-state index contributed by atoms with van der Waals surface area (Å²) in [4.78, 5) is 41.8. The fourth-order valence-electron chi connectivity index (χ4n) is 4.82. The Bertz CT molecular complexity index is 1550. The van der Waals surface area contributed by atoms with Gasteiger partial charge in [0.15, 0.2) is 0 Å². The van der Waals surface area contributed by atoms with Gasteiger partial charge in [-0.05, 0) is 49.6 Å². The van der Waals surface area contributed by atoms with E-state index in [1.165, 1.54) is 17.0 Å². The topological polar surface area (TPSA) is 104 Å². The molecule has 0 spiro atoms. The second-order valence-electron chi connectivity index (χ2n) is 10.2. The Balaban J connectivity index is 1.61. The highest BCUT2D eigenvalue weighted by molar-refractivity contribution is 7.90. The second-order valence-corrected chi connectivity index (χ2v) is 12.9. The molecule has 0 bridgehead atoms. The average Bonchev–Trinajstić information content (AvgIpc) is 3.17. The summed E-state index contributed by atoms with van der Waals surface area (Å²) in [6.07, 6.45) is 0.898. The van der Waals surface area contributed by atoms with Gasteiger partial charge in [0.1, 0.15) is 10.9 Å². The van der Waals surface area contributed by atoms with Gasteiger partial charge < -0.3 is 10.2 Å². The number of halogens is 2. The molecule has 0 unspecified atom stereocenters. The summed E-state index contributed by atoms with van der Waals surface area (Å²) in [5.74, 6) is -1.34. The van der Waals surface area contributed by atoms with E-state index in [0.717, 1.165) is 9.87 Å². The third-order valence-corrected chi connectivity index (χ3v) is 9.87. The molecule has 0 fully saturated rings. The minimum atomic E-state index is -4.00. The van der Waals surface area contributed by atoms with Gasteiger partial charge in [0.2, 0.25) is 11.8 Å². The molecule has 0 saturated heterocycles. The fourth-order valence-corrected chi connectivity index (χ4v) is 6.94. The van der Waals surface area contributed by atoms with Crippen molar-refractivity contribution < 1.29 is 22.8 Å². The summed E-state index contributed by atoms with van der Waals surface area (Å²) in [6.45, 7) is 3.63. The van der Waals surface area contributed by atoms with Crippen LogP contribution in [0.1, 0.15) is 54.6 Å². The molecule has 0 saturated carbocycles. The maximum Gasteiger partial charge on any atom is 0.269 e. The Morgan fingerprint density at radius 2 is 1.60 bits per heavy atom. The Morgan fingerprint density at radius 3 is 2.24 bits per heavy atom. The summed E-state index contributed by atoms with van der Waals surface area (Å²) in [5.41, 5.74) is 1.47. The van der Waals surface area contributed by atoms with Gasteiger partial charge >= 0.3 is 0 Å². The first kappa shape index (κ1) is 31.5. The lowest BCUT2D eigenvalue weighted by Gasteiger charge is -2.33. The van der Waals surface area contributed by atoms with Crippen LogP contribution in [0.15, 0.2) is 77.7 Å². The standard InChI is InChI=1S/C31H33Cl2N3O5S/c1-3-21(2)34-30(38)27(19-22-11-5-4-6-12-22)35(20-24-25(32)14-9-15-26(24)33)29(37)17-10-18-36-31(39)23-13-7-8-16-28(23)42(36,40)41/h4-9,11-16,21,27H,3,10,17-20H2,1-2H3,(H,34,38)/t21-,27+/m0/s1. The predicted molar refractivity (Wildman–Crippen MR) is 163 cm³/mol. The van der Waals surface area contributed by atoms with Gasteiger partial charge in [-0.2, -0.15) is 0 Å². The molecule has 42 heavy (non-hydrogen) atoms. The Morgan fingerprint density at radius 1 is 0.952 bits per heavy atom. The lowest BCUT2D eigenvalue weighted by Crippen LogP contribution is -2.52. The molecule has 11 heteroatoms. The number of fused-ring (bicyclic) bond motifs is 1. The first-order valence-corrected chi connectivity index (χ1v) is 16.0. The van der Waals surface area contributed by atoms with Gasteiger partial charge in [0.25, 0.3) is 15.9 Å². The number of carbonyl (C=O) groups is 3. The van der Waals surface area contributed by atoms with Crippen LogP contribution in [0.4, 0.5) is 0 Å². The maximum atomic E-state index is 13.9. The van der Waals surface area contributed by atoms with E-state index in [1.54, 1.807) is 30.3 Å². The van der Waals surface area contributed by atoms with Crippen LogP contribution >= 0.6 is 23.2 Å². The molecular weight excluding hydrogens is 597 g/mol. The number of amides is 3. The zero-order chi connectivity index (χ0) is 30.4. The predicted octanol–water partition coefficient (Wildman–Crippen LogP) is 5.47. The molecule has 3 aromatic rings. The summed E-state index contributed by atoms with van der Waals surface area (Å²) in [7, 11) is -4.00. The molecule has 0 aromatic heterocycles. The van der Waals surface area contributed by atoms with Gasteiger partial charge in [-0.3, -0.25) is 14.4 Å². The Hall–Kier alpha value is -3.40. The van der Waals surface area contributed by atoms with E-state index in [2.05, 4.69) is 5.32 Å². The van der Waals surface area contributed by atoms with Gasteiger partial charge in [-0.15, -0.1) is 0 Å². The summed E-state index contributed by atoms with van der Waals surface area (Å²) < 4.78 is 26.8. The van der Waals surface area contributed by atoms with Crippen LogP contribution in [0.2, 0.25) is 10.0 Å². The first-order valence-electron chi connectivity index (χ1n) is 13.8. The number of hydrogen-bond donors (Lipinski definition) is 1. The van der Waals surface area contributed by atoms with Gasteiger partial charge in [0, 0.05) is 47.6 Å². The van der Waals surface area contributed by atoms with Crippen molar-refractivity contribution in [2.75, 3.05) is 6.54 Å². The number of hydrogen-bond acceptors (Lipinski definition) is 5. The summed E-state index contributed by atoms with van der Waals surface area (Å²) in [5, 5.41) is 3.71. The molecule has 1 aliphatic heterocycles. The SMILES string of the molecule is CC[C@H](C)NC(=O)[C@@H](Cc1ccccc1)N(Cc1c(Cl)cccc1Cl)C(=O)CCCN1C(=O)c2ccccc2S1(=O)=O. The van der Waals surface area contributed by atoms with Gasteiger partial charge in [-0.25, -0.2) is 12.7 Å². The minimum Gasteiger partial charge on any atom is -0.352 e. The van der Waals surface area contributed by atoms with E-state index in [9.17, 15) is 22.8 Å². The summed E-state index contributed by atoms with van der Waals surface area (Å²) >= 11 is 13.0. The van der Waals surface area contributed by atoms with Crippen LogP contribution < -0.4 is 5.32 Å². The fraction of sp³-hybridized carbons (Fsp3) is 0.323. The van der Waals surface area contributed by atoms with Crippen LogP contribution in [0.3, 0.4) is 0 Å². The highest BCUT2D eigenvalue weighted by Gasteiger charge is 2.40. The third-order valence-electron chi connectivity index (χ3n) is 7.33. The van der Waals surface area contributed by atoms with E-state index >= 15 is 0 Å². The minimum absolute atomic E-state index is 0.0326. The van der Waals surface area contributed by atoms with Crippen molar-refractivity contribution in [1.29, 1.82) is 0 Å². The van der Waals surface area contributed by atoms with Crippen molar-refractivity contribution in [1.82, 2.24) is 14.5 Å². The molecule has 0 radical (unpaired) electrons. The number of sulfonamides is 1. The molecule has 1 heterocycles. The quantitative estimate of drug-likeness (QED) is 0.286. The molecule has 8 nitrogen and oxygen atoms in total. The van der Waals surface area contributed by atoms with Crippen molar-refractivity contribution in [3.63, 3.8) is 0 Å². The largest absolute Gasteiger partial charge is 0.352 e. The molecule has 222 valence electrons. The second kappa shape index (κ2) is 13.7. The lowest BCUT2D eigenvalue weighted by atomic mass is 10.0. The van der Waals surface area contributed by atoms with E-state index in [4.69, 9.17) is 23.2 Å². The molecule has 3 aromatic carbocycles. The van der Waals surface area contributed by atoms with E-state index < -0.39 is 27.9 Å². The molecule has 4 rings (SSSR count). The highest BCUT2D eigenvalue weighted by atomic mass is 35.5. The van der Waals surface area contributed by atoms with E-state index in [-0.39, 0.29) is 54.8 Å². The Labute approximate surface area is 256 Å². The number of benzene rings is 3. The number of carbonyl (C=O) groups excluding carboxylic acids is 3. The highest BCUT2D eigenvalue weighted by Crippen LogP contribution is 2.31. The van der Waals surface area contributed by atoms with Crippen molar-refractivity contribution >= 4 is 50.9 Å². The monoisotopic (exact) mass is 629 g/mol. The molecular formula is C31H33Cl2N3O5S. The van der Waals surface area contributed by atoms with Crippen molar-refractivity contribution in [2.24, 2.45) is 0 Å². The lowest BCUT2D eigenvalue weighted by molar-refractivity contribution is -0.141. The normalized spacial score (nSPS) is 15.1. The van der Waals surface area contributed by atoms with Crippen molar-refractivity contribution in [2.45, 2.75) is 63.1 Å². The van der Waals surface area contributed by atoms with Crippen molar-refractivity contribution in [3.8, 4) is 0 Å². The van der Waals surface area contributed by atoms with Crippen LogP contribution in [0.5, 0.6) is 0 Å². The van der Waals surface area contributed by atoms with Gasteiger partial charge in [0.05, 0.1) is 5.56 Å². The van der Waals surface area contributed by atoms with E-state index in [1.807, 2.05) is 44.2 Å². The zero-order valence-electron chi connectivity index (χ0n) is 23.4. The van der Waals surface area contributed by atoms with Crippen LogP contribution in [-0.2, 0) is 32.6 Å². The zero-order valence-corrected chi connectivity index (χ0v) is 25.8. The average molecular weight is 631 g/mol. The molecule has 2 atom stereocenters. The molecule has 3 amide bonds. The van der Waals surface area contributed by atoms with Crippen LogP contribution in [0.25, 0.3) is 0 Å². The summed E-state index contributed by atoms with van der Waals surface area (Å²) in [6, 6.07) is 19.4. The molecule has 1 N–H and O–H groups in total.